The van der Waals surface area contributed by atoms with E-state index in [1.165, 1.54) is 18.2 Å². The van der Waals surface area contributed by atoms with Gasteiger partial charge in [-0.3, -0.25) is 9.69 Å². The number of urea groups is 1. The summed E-state index contributed by atoms with van der Waals surface area (Å²) in [4.78, 5) is 29.5. The maximum Gasteiger partial charge on any atom is 0.324 e. The van der Waals surface area contributed by atoms with E-state index in [0.717, 1.165) is 5.56 Å². The van der Waals surface area contributed by atoms with Crippen LogP contribution in [0.4, 0.5) is 20.6 Å². The van der Waals surface area contributed by atoms with Crippen LogP contribution in [0.2, 0.25) is 10.0 Å². The lowest BCUT2D eigenvalue weighted by molar-refractivity contribution is 0.102. The maximum absolute atomic E-state index is 13.7. The van der Waals surface area contributed by atoms with Gasteiger partial charge in [-0.2, -0.15) is 0 Å². The SMILES string of the molecule is Cc1ccc(N2CCCN(Cc3cc(F)ccc3Cl)C2=O)c(NC(=O)c2ccccc2Cl)c1. The van der Waals surface area contributed by atoms with Gasteiger partial charge in [0.2, 0.25) is 0 Å². The Balaban J connectivity index is 1.60. The number of nitrogens with one attached hydrogen (secondary N) is 1. The first kappa shape index (κ1) is 23.1. The van der Waals surface area contributed by atoms with Crippen LogP contribution in [-0.4, -0.2) is 29.9 Å². The Kier molecular flexibility index (Phi) is 6.86. The van der Waals surface area contributed by atoms with E-state index in [9.17, 15) is 14.0 Å². The molecule has 3 amide bonds. The molecule has 1 heterocycles. The Labute approximate surface area is 201 Å². The fourth-order valence-corrected chi connectivity index (χ4v) is 4.24. The van der Waals surface area contributed by atoms with Gasteiger partial charge < -0.3 is 10.2 Å². The van der Waals surface area contributed by atoms with Crippen molar-refractivity contribution < 1.29 is 14.0 Å². The molecule has 8 heteroatoms. The van der Waals surface area contributed by atoms with Crippen molar-refractivity contribution in [2.45, 2.75) is 19.9 Å². The molecule has 0 aromatic heterocycles. The Morgan fingerprint density at radius 3 is 2.61 bits per heavy atom. The van der Waals surface area contributed by atoms with Crippen LogP contribution in [0, 0.1) is 12.7 Å². The average molecular weight is 486 g/mol. The number of rotatable bonds is 5. The van der Waals surface area contributed by atoms with E-state index in [1.807, 2.05) is 25.1 Å². The van der Waals surface area contributed by atoms with Gasteiger partial charge in [-0.15, -0.1) is 0 Å². The molecule has 0 unspecified atom stereocenters. The third-order valence-electron chi connectivity index (χ3n) is 5.49. The minimum absolute atomic E-state index is 0.194. The van der Waals surface area contributed by atoms with Crippen LogP contribution in [-0.2, 0) is 6.54 Å². The number of hydrogen-bond acceptors (Lipinski definition) is 2. The number of nitrogens with zero attached hydrogens (tertiary/aromatic N) is 2. The van der Waals surface area contributed by atoms with Crippen molar-refractivity contribution in [1.82, 2.24) is 4.90 Å². The molecule has 1 aliphatic rings. The Bertz CT molecular complexity index is 1220. The third kappa shape index (κ3) is 5.13. The van der Waals surface area contributed by atoms with Crippen molar-refractivity contribution in [3.8, 4) is 0 Å². The van der Waals surface area contributed by atoms with Crippen molar-refractivity contribution in [3.05, 3.63) is 93.2 Å². The monoisotopic (exact) mass is 485 g/mol. The molecular formula is C25H22Cl2FN3O2. The minimum atomic E-state index is -0.404. The highest BCUT2D eigenvalue weighted by atomic mass is 35.5. The molecule has 0 bridgehead atoms. The highest BCUT2D eigenvalue weighted by Gasteiger charge is 2.29. The first-order valence-corrected chi connectivity index (χ1v) is 11.3. The maximum atomic E-state index is 13.7. The summed E-state index contributed by atoms with van der Waals surface area (Å²) in [5.41, 5.74) is 2.92. The number of amides is 3. The number of carbonyl (C=O) groups is 2. The summed E-state index contributed by atoms with van der Waals surface area (Å²) in [6.45, 7) is 3.11. The smallest absolute Gasteiger partial charge is 0.320 e. The van der Waals surface area contributed by atoms with E-state index >= 15 is 0 Å². The topological polar surface area (TPSA) is 52.6 Å². The van der Waals surface area contributed by atoms with Crippen molar-refractivity contribution in [3.63, 3.8) is 0 Å². The molecule has 1 N–H and O–H groups in total. The summed E-state index contributed by atoms with van der Waals surface area (Å²) in [5.74, 6) is -0.765. The molecule has 0 radical (unpaired) electrons. The average Bonchev–Trinajstić information content (AvgIpc) is 2.78. The minimum Gasteiger partial charge on any atom is -0.320 e. The summed E-state index contributed by atoms with van der Waals surface area (Å²) in [7, 11) is 0. The molecular weight excluding hydrogens is 464 g/mol. The molecule has 1 saturated heterocycles. The van der Waals surface area contributed by atoms with Gasteiger partial charge in [0.15, 0.2) is 0 Å². The second kappa shape index (κ2) is 9.81. The van der Waals surface area contributed by atoms with Gasteiger partial charge in [0.1, 0.15) is 5.82 Å². The van der Waals surface area contributed by atoms with E-state index in [4.69, 9.17) is 23.2 Å². The zero-order chi connectivity index (χ0) is 23.5. The zero-order valence-electron chi connectivity index (χ0n) is 17.9. The van der Waals surface area contributed by atoms with Crippen LogP contribution in [0.15, 0.2) is 60.7 Å². The number of aryl methyl sites for hydroxylation is 1. The second-order valence-electron chi connectivity index (χ2n) is 7.90. The lowest BCUT2D eigenvalue weighted by atomic mass is 10.1. The number of halogens is 3. The first-order chi connectivity index (χ1) is 15.8. The van der Waals surface area contributed by atoms with Gasteiger partial charge in [-0.25, -0.2) is 9.18 Å². The molecule has 33 heavy (non-hydrogen) atoms. The Morgan fingerprint density at radius 1 is 1.03 bits per heavy atom. The largest absolute Gasteiger partial charge is 0.324 e. The van der Waals surface area contributed by atoms with E-state index in [0.29, 0.717) is 52.1 Å². The molecule has 5 nitrogen and oxygen atoms in total. The Morgan fingerprint density at radius 2 is 1.82 bits per heavy atom. The summed E-state index contributed by atoms with van der Waals surface area (Å²) in [6, 6.07) is 16.2. The van der Waals surface area contributed by atoms with Gasteiger partial charge in [0, 0.05) is 24.7 Å². The van der Waals surface area contributed by atoms with Crippen LogP contribution in [0.3, 0.4) is 0 Å². The molecule has 0 atom stereocenters. The van der Waals surface area contributed by atoms with Crippen LogP contribution in [0.1, 0.15) is 27.9 Å². The summed E-state index contributed by atoms with van der Waals surface area (Å²) in [6.07, 6.45) is 0.713. The van der Waals surface area contributed by atoms with Crippen LogP contribution < -0.4 is 10.2 Å². The molecule has 0 aliphatic carbocycles. The van der Waals surface area contributed by atoms with Gasteiger partial charge in [0.25, 0.3) is 5.91 Å². The predicted octanol–water partition coefficient (Wildman–Crippen LogP) is 6.53. The van der Waals surface area contributed by atoms with Gasteiger partial charge in [0.05, 0.1) is 22.0 Å². The molecule has 4 rings (SSSR count). The highest BCUT2D eigenvalue weighted by molar-refractivity contribution is 6.34. The number of anilines is 2. The highest BCUT2D eigenvalue weighted by Crippen LogP contribution is 2.32. The molecule has 1 fully saturated rings. The number of hydrogen-bond donors (Lipinski definition) is 1. The second-order valence-corrected chi connectivity index (χ2v) is 8.71. The summed E-state index contributed by atoms with van der Waals surface area (Å²) in [5, 5.41) is 3.65. The fourth-order valence-electron chi connectivity index (χ4n) is 3.84. The Hall–Kier alpha value is -3.09. The van der Waals surface area contributed by atoms with E-state index in [1.54, 1.807) is 34.1 Å². The standard InChI is InChI=1S/C25H22Cl2FN3O2/c1-16-7-10-23(22(13-16)29-24(32)19-5-2-3-6-21(19)27)31-12-4-11-30(25(31)33)15-17-14-18(28)8-9-20(17)26/h2-3,5-10,13-14H,4,11-12,15H2,1H3,(H,29,32). The summed E-state index contributed by atoms with van der Waals surface area (Å²) < 4.78 is 13.7. The van der Waals surface area contributed by atoms with Crippen LogP contribution in [0.5, 0.6) is 0 Å². The van der Waals surface area contributed by atoms with Crippen LogP contribution >= 0.6 is 23.2 Å². The van der Waals surface area contributed by atoms with Gasteiger partial charge >= 0.3 is 6.03 Å². The predicted molar refractivity (Wildman–Crippen MR) is 130 cm³/mol. The lowest BCUT2D eigenvalue weighted by Gasteiger charge is -2.36. The molecule has 1 aliphatic heterocycles. The van der Waals surface area contributed by atoms with E-state index in [2.05, 4.69) is 5.32 Å². The van der Waals surface area contributed by atoms with Gasteiger partial charge in [-0.05, 0) is 66.9 Å². The molecule has 3 aromatic carbocycles. The normalized spacial score (nSPS) is 13.9. The number of carbonyl (C=O) groups excluding carboxylic acids is 2. The summed E-state index contributed by atoms with van der Waals surface area (Å²) >= 11 is 12.4. The van der Waals surface area contributed by atoms with Crippen molar-refractivity contribution in [2.24, 2.45) is 0 Å². The molecule has 3 aromatic rings. The van der Waals surface area contributed by atoms with Crippen LogP contribution in [0.25, 0.3) is 0 Å². The molecule has 0 spiro atoms. The van der Waals surface area contributed by atoms with Crippen molar-refractivity contribution in [1.29, 1.82) is 0 Å². The lowest BCUT2D eigenvalue weighted by Crippen LogP contribution is -2.49. The van der Waals surface area contributed by atoms with Crippen molar-refractivity contribution in [2.75, 3.05) is 23.3 Å². The molecule has 0 saturated carbocycles. The van der Waals surface area contributed by atoms with E-state index in [-0.39, 0.29) is 18.5 Å². The van der Waals surface area contributed by atoms with Gasteiger partial charge in [-0.1, -0.05) is 41.4 Å². The first-order valence-electron chi connectivity index (χ1n) is 10.5. The van der Waals surface area contributed by atoms with E-state index < -0.39 is 5.82 Å². The van der Waals surface area contributed by atoms with Crippen molar-refractivity contribution >= 4 is 46.5 Å². The number of benzene rings is 3. The fraction of sp³-hybridized carbons (Fsp3) is 0.200. The molecule has 170 valence electrons. The zero-order valence-corrected chi connectivity index (χ0v) is 19.5. The quantitative estimate of drug-likeness (QED) is 0.446. The third-order valence-corrected chi connectivity index (χ3v) is 6.19.